The van der Waals surface area contributed by atoms with E-state index in [2.05, 4.69) is 400 Å². The topological polar surface area (TPSA) is 0 Å². The molecule has 116 heavy (non-hydrogen) atoms. The second kappa shape index (κ2) is 24.2. The normalized spacial score (nSPS) is 12.3. The van der Waals surface area contributed by atoms with Gasteiger partial charge in [0.25, 0.3) is 0 Å². The van der Waals surface area contributed by atoms with Crippen molar-refractivity contribution in [2.45, 2.75) is 0 Å². The SMILES string of the molecule is c1cc2ccc3ccc(-c4ccc(-c5cc(-c6ccc(-c7ccc8ccc9cccc%10ccc7c8c9%10)cc6)c(-c6ccc(-c7ccc8ccc9cccc%10ccc7c8c9%10)cc6)c(-c6ccc(-c7ccc8ccc9cccc%10ccc7c8c9%10)cc6)c5-c5ccc(-c6ccc7ccc8cccc9ccc6c7c89)cc5)cc4)c4ccc(c1)c2c34. The molecule has 0 amide bonds. The van der Waals surface area contributed by atoms with Gasteiger partial charge in [0.15, 0.2) is 0 Å². The predicted octanol–water partition coefficient (Wildman–Crippen LogP) is 32.8. The average Bonchev–Trinajstić information content (AvgIpc) is 0.742. The van der Waals surface area contributed by atoms with Gasteiger partial charge in [-0.15, -0.1) is 0 Å². The third-order valence-electron chi connectivity index (χ3n) is 26.4. The molecule has 0 atom stereocenters. The fourth-order valence-corrected chi connectivity index (χ4v) is 21.1. The lowest BCUT2D eigenvalue weighted by Crippen LogP contribution is -1.99. The summed E-state index contributed by atoms with van der Waals surface area (Å²) in [6.45, 7) is 0. The molecule has 0 aliphatic carbocycles. The lowest BCUT2D eigenvalue weighted by atomic mass is 9.78. The van der Waals surface area contributed by atoms with Crippen molar-refractivity contribution < 1.29 is 0 Å². The lowest BCUT2D eigenvalue weighted by molar-refractivity contribution is 1.52. The first-order valence-corrected chi connectivity index (χ1v) is 40.6. The summed E-state index contributed by atoms with van der Waals surface area (Å²) in [6, 6.07) is 153. The van der Waals surface area contributed by atoms with E-state index in [0.29, 0.717) is 0 Å². The molecule has 26 aromatic carbocycles. The van der Waals surface area contributed by atoms with Crippen molar-refractivity contribution in [2.24, 2.45) is 0 Å². The maximum absolute atomic E-state index is 2.55. The van der Waals surface area contributed by atoms with Crippen molar-refractivity contribution in [3.8, 4) is 111 Å². The van der Waals surface area contributed by atoms with Crippen LogP contribution in [0.25, 0.3) is 273 Å². The van der Waals surface area contributed by atoms with Crippen LogP contribution in [0.4, 0.5) is 0 Å². The number of hydrogen-bond donors (Lipinski definition) is 0. The Balaban J connectivity index is 0.734. The fraction of sp³-hybridized carbons (Fsp3) is 0. The number of rotatable bonds is 10. The number of benzene rings is 26. The average molecular weight is 1460 g/mol. The Morgan fingerprint density at radius 2 is 0.241 bits per heavy atom. The summed E-state index contributed by atoms with van der Waals surface area (Å²) in [5.74, 6) is 0. The molecule has 26 aromatic rings. The number of hydrogen-bond acceptors (Lipinski definition) is 0. The maximum Gasteiger partial charge on any atom is -0.00143 e. The summed E-state index contributed by atoms with van der Waals surface area (Å²) in [5.41, 5.74) is 23.4. The van der Waals surface area contributed by atoms with E-state index < -0.39 is 0 Å². The van der Waals surface area contributed by atoms with Gasteiger partial charge in [-0.25, -0.2) is 0 Å². The second-order valence-electron chi connectivity index (χ2n) is 32.3. The Bertz CT molecular complexity index is 8070. The molecule has 0 heterocycles. The Morgan fingerprint density at radius 1 is 0.0948 bits per heavy atom. The highest BCUT2D eigenvalue weighted by molar-refractivity contribution is 6.31. The minimum atomic E-state index is 1.13. The molecule has 0 N–H and O–H groups in total. The summed E-state index contributed by atoms with van der Waals surface area (Å²) < 4.78 is 0. The minimum Gasteiger partial charge on any atom is -0.0610 e. The molecular formula is C116H66. The fourth-order valence-electron chi connectivity index (χ4n) is 21.1. The summed E-state index contributed by atoms with van der Waals surface area (Å²) >= 11 is 0. The monoisotopic (exact) mass is 1460 g/mol. The molecule has 0 spiro atoms. The molecule has 0 aliphatic rings. The van der Waals surface area contributed by atoms with Gasteiger partial charge in [0.1, 0.15) is 0 Å². The van der Waals surface area contributed by atoms with Crippen LogP contribution in [0.5, 0.6) is 0 Å². The van der Waals surface area contributed by atoms with Gasteiger partial charge in [0, 0.05) is 0 Å². The predicted molar refractivity (Wildman–Crippen MR) is 499 cm³/mol. The van der Waals surface area contributed by atoms with Gasteiger partial charge in [-0.05, 0) is 279 Å². The zero-order chi connectivity index (χ0) is 75.5. The molecule has 0 radical (unpaired) electrons. The van der Waals surface area contributed by atoms with E-state index in [0.717, 1.165) is 55.6 Å². The molecule has 0 fully saturated rings. The van der Waals surface area contributed by atoms with Gasteiger partial charge >= 0.3 is 0 Å². The highest BCUT2D eigenvalue weighted by Crippen LogP contribution is 2.54. The maximum atomic E-state index is 2.55. The van der Waals surface area contributed by atoms with E-state index >= 15 is 0 Å². The third kappa shape index (κ3) is 9.27. The van der Waals surface area contributed by atoms with Crippen molar-refractivity contribution in [2.75, 3.05) is 0 Å². The molecule has 26 rings (SSSR count). The van der Waals surface area contributed by atoms with E-state index in [-0.39, 0.29) is 0 Å². The Kier molecular flexibility index (Phi) is 13.3. The zero-order valence-corrected chi connectivity index (χ0v) is 63.1. The third-order valence-corrected chi connectivity index (χ3v) is 26.4. The van der Waals surface area contributed by atoms with Crippen molar-refractivity contribution in [1.82, 2.24) is 0 Å². The van der Waals surface area contributed by atoms with Crippen LogP contribution < -0.4 is 0 Å². The lowest BCUT2D eigenvalue weighted by Gasteiger charge is -2.25. The highest BCUT2D eigenvalue weighted by atomic mass is 14.3. The van der Waals surface area contributed by atoms with E-state index in [1.165, 1.54) is 217 Å². The molecule has 0 aromatic heterocycles. The van der Waals surface area contributed by atoms with E-state index in [1.807, 2.05) is 0 Å². The van der Waals surface area contributed by atoms with Crippen LogP contribution in [-0.4, -0.2) is 0 Å². The first kappa shape index (κ1) is 63.5. The van der Waals surface area contributed by atoms with Crippen LogP contribution in [0.1, 0.15) is 0 Å². The molecule has 0 aliphatic heterocycles. The van der Waals surface area contributed by atoms with Gasteiger partial charge in [0.05, 0.1) is 0 Å². The first-order valence-electron chi connectivity index (χ1n) is 40.6. The molecule has 0 unspecified atom stereocenters. The molecule has 530 valence electrons. The van der Waals surface area contributed by atoms with Crippen LogP contribution in [0.2, 0.25) is 0 Å². The van der Waals surface area contributed by atoms with E-state index in [1.54, 1.807) is 0 Å². The molecule has 0 saturated heterocycles. The van der Waals surface area contributed by atoms with Crippen LogP contribution in [-0.2, 0) is 0 Å². The quantitative estimate of drug-likeness (QED) is 0.120. The molecule has 0 saturated carbocycles. The van der Waals surface area contributed by atoms with Crippen molar-refractivity contribution in [3.63, 3.8) is 0 Å². The Morgan fingerprint density at radius 3 is 0.440 bits per heavy atom. The van der Waals surface area contributed by atoms with Crippen LogP contribution in [0.15, 0.2) is 400 Å². The van der Waals surface area contributed by atoms with Crippen molar-refractivity contribution in [1.29, 1.82) is 0 Å². The van der Waals surface area contributed by atoms with Gasteiger partial charge in [-0.1, -0.05) is 394 Å². The van der Waals surface area contributed by atoms with Crippen LogP contribution >= 0.6 is 0 Å². The second-order valence-corrected chi connectivity index (χ2v) is 32.3. The van der Waals surface area contributed by atoms with E-state index in [4.69, 9.17) is 0 Å². The van der Waals surface area contributed by atoms with Gasteiger partial charge in [0.2, 0.25) is 0 Å². The summed E-state index contributed by atoms with van der Waals surface area (Å²) in [6.07, 6.45) is 0. The van der Waals surface area contributed by atoms with Gasteiger partial charge < -0.3 is 0 Å². The van der Waals surface area contributed by atoms with Crippen molar-refractivity contribution in [3.05, 3.63) is 400 Å². The zero-order valence-electron chi connectivity index (χ0n) is 63.1. The Hall–Kier alpha value is -15.1. The Labute approximate surface area is 668 Å². The summed E-state index contributed by atoms with van der Waals surface area (Å²) in [4.78, 5) is 0. The van der Waals surface area contributed by atoms with Crippen molar-refractivity contribution >= 4 is 162 Å². The van der Waals surface area contributed by atoms with Gasteiger partial charge in [-0.3, -0.25) is 0 Å². The first-order chi connectivity index (χ1) is 57.5. The molecule has 0 bridgehead atoms. The molecule has 0 nitrogen and oxygen atoms in total. The summed E-state index contributed by atoms with van der Waals surface area (Å²) in [5, 5.41) is 38.5. The standard InChI is InChI=1S/C116H66/c1-6-74-36-41-86-46-56-92(97-61-51-79(11-1)104(74)109(86)97)67-16-20-72(21-17-67)102-66-103(73-22-18-68(19-23-73)93-57-47-87-42-37-75-7-2-12-80-52-62-98(93)110(87)105(75)80)115(85-32-26-70(27-33-85)95-59-49-89-44-39-77-9-4-14-82-54-64-100(95)112(89)107(77)82)116(91-34-28-71(29-35-91)96-60-50-90-45-40-78-10-5-15-83-55-65-101(96)113(90)108(78)83)114(102)84-30-24-69(25-31-84)94-58-48-88-43-38-76-8-3-13-81-53-63-99(94)111(88)106(76)81/h1-66H. The minimum absolute atomic E-state index is 1.13. The van der Waals surface area contributed by atoms with Gasteiger partial charge in [-0.2, -0.15) is 0 Å². The van der Waals surface area contributed by atoms with Crippen LogP contribution in [0.3, 0.4) is 0 Å². The smallest absolute Gasteiger partial charge is 0.00143 e. The largest absolute Gasteiger partial charge is 0.0610 e. The van der Waals surface area contributed by atoms with E-state index in [9.17, 15) is 0 Å². The highest BCUT2D eigenvalue weighted by Gasteiger charge is 2.27. The molecule has 0 heteroatoms. The molecular weight excluding hydrogens is 1390 g/mol. The summed E-state index contributed by atoms with van der Waals surface area (Å²) in [7, 11) is 0. The van der Waals surface area contributed by atoms with Crippen LogP contribution in [0, 0.1) is 0 Å².